The summed E-state index contributed by atoms with van der Waals surface area (Å²) in [4.78, 5) is 12.1. The molecule has 2 aromatic rings. The van der Waals surface area contributed by atoms with Crippen molar-refractivity contribution >= 4 is 24.6 Å². The van der Waals surface area contributed by atoms with Gasteiger partial charge in [0, 0.05) is 0 Å². The number of phenols is 1. The van der Waals surface area contributed by atoms with Crippen molar-refractivity contribution < 1.29 is 9.90 Å². The van der Waals surface area contributed by atoms with Crippen molar-refractivity contribution in [2.24, 2.45) is 0 Å². The first kappa shape index (κ1) is 16.8. The number of carbonyl (C=O) groups excluding carboxylic acids is 1. The molecule has 3 heteroatoms. The summed E-state index contributed by atoms with van der Waals surface area (Å²) in [5.41, 5.74) is 7.13. The van der Waals surface area contributed by atoms with E-state index in [1.807, 2.05) is 18.2 Å². The molecule has 0 atom stereocenters. The fraction of sp³-hybridized carbons (Fsp3) is 0.174. The molecule has 26 heavy (non-hydrogen) atoms. The van der Waals surface area contributed by atoms with Crippen LogP contribution in [0.15, 0.2) is 65.4 Å². The minimum absolute atomic E-state index is 0.0493. The number of benzene rings is 2. The second-order valence-corrected chi connectivity index (χ2v) is 12.1. The summed E-state index contributed by atoms with van der Waals surface area (Å²) in [5.74, 6) is 0.333. The van der Waals surface area contributed by atoms with E-state index >= 15 is 0 Å². The van der Waals surface area contributed by atoms with E-state index in [0.29, 0.717) is 0 Å². The number of carbonyl (C=O) groups is 1. The third-order valence-corrected chi connectivity index (χ3v) is 9.06. The van der Waals surface area contributed by atoms with Crippen molar-refractivity contribution in [2.45, 2.75) is 26.9 Å². The van der Waals surface area contributed by atoms with Gasteiger partial charge in [-0.15, -0.1) is 0 Å². The normalized spacial score (nSPS) is 17.7. The van der Waals surface area contributed by atoms with Crippen molar-refractivity contribution in [3.63, 3.8) is 0 Å². The maximum atomic E-state index is 12.1. The van der Waals surface area contributed by atoms with Gasteiger partial charge < -0.3 is 5.11 Å². The molecule has 1 aliphatic heterocycles. The summed E-state index contributed by atoms with van der Waals surface area (Å²) in [6, 6.07) is 12.2. The van der Waals surface area contributed by atoms with Crippen molar-refractivity contribution in [2.75, 3.05) is 0 Å². The molecule has 0 saturated carbocycles. The molecule has 0 saturated heterocycles. The lowest BCUT2D eigenvalue weighted by molar-refractivity contribution is -0.110. The molecule has 0 radical (unpaired) electrons. The number of aryl methyl sites for hydroxylation is 2. The Balaban J connectivity index is 2.15. The minimum atomic E-state index is -2.08. The number of aromatic hydroxyl groups is 1. The molecule has 2 nitrogen and oxygen atoms in total. The Hall–Kier alpha value is -2.65. The van der Waals surface area contributed by atoms with Gasteiger partial charge in [-0.05, 0) is 76.4 Å². The van der Waals surface area contributed by atoms with Gasteiger partial charge in [0.1, 0.15) is 13.8 Å². The van der Waals surface area contributed by atoms with Crippen molar-refractivity contribution in [1.29, 1.82) is 0 Å². The Morgan fingerprint density at radius 3 is 2.46 bits per heavy atom. The number of fused-ring (bicyclic) bond motifs is 2. The number of hydrogen-bond acceptors (Lipinski definition) is 2. The molecule has 2 aliphatic rings. The lowest BCUT2D eigenvalue weighted by Crippen LogP contribution is -2.49. The predicted octanol–water partition coefficient (Wildman–Crippen LogP) is 4.34. The van der Waals surface area contributed by atoms with Crippen LogP contribution in [-0.2, 0) is 4.79 Å². The number of rotatable bonds is 1. The summed E-state index contributed by atoms with van der Waals surface area (Å²) in [6.07, 6.45) is 5.46. The van der Waals surface area contributed by atoms with Crippen LogP contribution in [0, 0.1) is 13.8 Å². The molecule has 0 unspecified atom stereocenters. The summed E-state index contributed by atoms with van der Waals surface area (Å²) in [5, 5.41) is 12.5. The van der Waals surface area contributed by atoms with Crippen LogP contribution < -0.4 is 5.19 Å². The molecule has 0 aromatic heterocycles. The van der Waals surface area contributed by atoms with Gasteiger partial charge in [0.25, 0.3) is 0 Å². The van der Waals surface area contributed by atoms with Gasteiger partial charge in [0.15, 0.2) is 5.78 Å². The van der Waals surface area contributed by atoms with Gasteiger partial charge in [-0.1, -0.05) is 49.0 Å². The number of hydrogen-bond donors (Lipinski definition) is 1. The zero-order valence-electron chi connectivity index (χ0n) is 15.6. The predicted molar refractivity (Wildman–Crippen MR) is 109 cm³/mol. The topological polar surface area (TPSA) is 37.3 Å². The molecule has 1 aliphatic carbocycles. The summed E-state index contributed by atoms with van der Waals surface area (Å²) in [7, 11) is -2.08. The molecular formula is C23H22O2Si. The van der Waals surface area contributed by atoms with Crippen LogP contribution in [0.4, 0.5) is 0 Å². The first-order chi connectivity index (χ1) is 12.3. The van der Waals surface area contributed by atoms with Gasteiger partial charge >= 0.3 is 0 Å². The highest BCUT2D eigenvalue weighted by Crippen LogP contribution is 2.42. The molecule has 1 heterocycles. The highest BCUT2D eigenvalue weighted by atomic mass is 28.3. The Morgan fingerprint density at radius 1 is 0.923 bits per heavy atom. The smallest absolute Gasteiger partial charge is 0.178 e. The molecule has 0 amide bonds. The van der Waals surface area contributed by atoms with Crippen molar-refractivity contribution in [1.82, 2.24) is 0 Å². The summed E-state index contributed by atoms with van der Waals surface area (Å²) >= 11 is 0. The van der Waals surface area contributed by atoms with E-state index in [0.717, 1.165) is 10.8 Å². The van der Waals surface area contributed by atoms with Crippen LogP contribution in [0.2, 0.25) is 13.1 Å². The number of ketones is 1. The number of phenolic OH excluding ortho intramolecular Hbond substituents is 1. The Labute approximate surface area is 155 Å². The van der Waals surface area contributed by atoms with Crippen LogP contribution in [0.5, 0.6) is 5.75 Å². The van der Waals surface area contributed by atoms with Crippen molar-refractivity contribution in [3.05, 3.63) is 87.6 Å². The lowest BCUT2D eigenvalue weighted by Gasteiger charge is -2.37. The molecule has 1 N–H and O–H groups in total. The first-order valence-corrected chi connectivity index (χ1v) is 11.9. The van der Waals surface area contributed by atoms with E-state index < -0.39 is 8.07 Å². The largest absolute Gasteiger partial charge is 0.508 e. The third-order valence-electron chi connectivity index (χ3n) is 5.54. The van der Waals surface area contributed by atoms with Gasteiger partial charge in [-0.3, -0.25) is 4.79 Å². The van der Waals surface area contributed by atoms with Gasteiger partial charge in [-0.25, -0.2) is 0 Å². The van der Waals surface area contributed by atoms with Crippen LogP contribution >= 0.6 is 0 Å². The maximum absolute atomic E-state index is 12.1. The van der Waals surface area contributed by atoms with Crippen molar-refractivity contribution in [3.8, 4) is 5.75 Å². The van der Waals surface area contributed by atoms with Crippen LogP contribution in [0.1, 0.15) is 22.3 Å². The standard InChI is InChI=1S/C23H22O2Si/c1-14-5-6-15(2)20(11-14)23-18-9-7-16(24)12-21(18)26(3,4)22-13-17(25)8-10-19(22)23/h5-13,24H,1-4H3. The zero-order valence-corrected chi connectivity index (χ0v) is 16.6. The SMILES string of the molecule is Cc1ccc(C)c(C2=C3C=CC(=O)C=C3[Si](C)(C)c3cc(O)ccc32)c1. The average Bonchev–Trinajstić information content (AvgIpc) is 2.59. The Morgan fingerprint density at radius 2 is 1.69 bits per heavy atom. The van der Waals surface area contributed by atoms with Crippen LogP contribution in [-0.4, -0.2) is 19.0 Å². The Bertz CT molecular complexity index is 1050. The molecule has 2 aromatic carbocycles. The lowest BCUT2D eigenvalue weighted by atomic mass is 9.87. The molecule has 130 valence electrons. The monoisotopic (exact) mass is 358 g/mol. The maximum Gasteiger partial charge on any atom is 0.178 e. The molecule has 4 rings (SSSR count). The average molecular weight is 359 g/mol. The van der Waals surface area contributed by atoms with Gasteiger partial charge in [0.05, 0.1) is 0 Å². The highest BCUT2D eigenvalue weighted by Gasteiger charge is 2.40. The van der Waals surface area contributed by atoms with E-state index in [1.54, 1.807) is 18.2 Å². The van der Waals surface area contributed by atoms with E-state index in [2.05, 4.69) is 45.1 Å². The minimum Gasteiger partial charge on any atom is -0.508 e. The second kappa shape index (κ2) is 5.68. The summed E-state index contributed by atoms with van der Waals surface area (Å²) < 4.78 is 0. The zero-order chi connectivity index (χ0) is 18.6. The summed E-state index contributed by atoms with van der Waals surface area (Å²) in [6.45, 7) is 8.73. The fourth-order valence-electron chi connectivity index (χ4n) is 4.11. The third kappa shape index (κ3) is 2.43. The van der Waals surface area contributed by atoms with Gasteiger partial charge in [-0.2, -0.15) is 0 Å². The van der Waals surface area contributed by atoms with E-state index in [1.165, 1.54) is 33.0 Å². The molecule has 0 bridgehead atoms. The molecule has 0 spiro atoms. The number of allylic oxidation sites excluding steroid dienone is 5. The van der Waals surface area contributed by atoms with E-state index in [9.17, 15) is 9.90 Å². The molecular weight excluding hydrogens is 336 g/mol. The highest BCUT2D eigenvalue weighted by molar-refractivity contribution is 6.98. The van der Waals surface area contributed by atoms with Gasteiger partial charge in [0.2, 0.25) is 0 Å². The Kier molecular flexibility index (Phi) is 3.67. The van der Waals surface area contributed by atoms with Crippen LogP contribution in [0.3, 0.4) is 0 Å². The second-order valence-electron chi connectivity index (χ2n) is 7.76. The fourth-order valence-corrected chi connectivity index (χ4v) is 7.18. The van der Waals surface area contributed by atoms with E-state index in [4.69, 9.17) is 0 Å². The van der Waals surface area contributed by atoms with Crippen LogP contribution in [0.25, 0.3) is 5.57 Å². The molecule has 0 fully saturated rings. The first-order valence-electron chi connectivity index (χ1n) is 8.89. The quantitative estimate of drug-likeness (QED) is 0.770. The van der Waals surface area contributed by atoms with E-state index in [-0.39, 0.29) is 11.5 Å².